The van der Waals surface area contributed by atoms with E-state index in [1.165, 1.54) is 19.0 Å². The van der Waals surface area contributed by atoms with Gasteiger partial charge >= 0.3 is 5.97 Å². The number of hydrogen-bond acceptors (Lipinski definition) is 7. The first-order chi connectivity index (χ1) is 18.6. The number of nitrogens with zero attached hydrogens (tertiary/aromatic N) is 5. The van der Waals surface area contributed by atoms with Crippen LogP contribution in [0.2, 0.25) is 0 Å². The van der Waals surface area contributed by atoms with Gasteiger partial charge in [-0.3, -0.25) is 9.78 Å². The first-order valence-electron chi connectivity index (χ1n) is 14.2. The molecule has 0 unspecified atom stereocenters. The Morgan fingerprint density at radius 2 is 1.73 bits per heavy atom. The minimum atomic E-state index is -1.12. The molecular weight excluding hydrogens is 506 g/mol. The van der Waals surface area contributed by atoms with Gasteiger partial charge in [0.2, 0.25) is 0 Å². The van der Waals surface area contributed by atoms with E-state index >= 15 is 0 Å². The Balaban J connectivity index is 1.42. The van der Waals surface area contributed by atoms with E-state index in [0.29, 0.717) is 48.1 Å². The Labute approximate surface area is 236 Å². The lowest BCUT2D eigenvalue weighted by Crippen LogP contribution is -2.61. The summed E-state index contributed by atoms with van der Waals surface area (Å²) < 4.78 is 6.31. The number of fused-ring (bicyclic) bond motifs is 1. The van der Waals surface area contributed by atoms with E-state index in [9.17, 15) is 14.7 Å². The number of piperazine rings is 1. The van der Waals surface area contributed by atoms with Crippen LogP contribution < -0.4 is 4.90 Å². The van der Waals surface area contributed by atoms with Crippen LogP contribution in [0.4, 0.5) is 5.82 Å². The quantitative estimate of drug-likeness (QED) is 0.421. The lowest BCUT2D eigenvalue weighted by Gasteiger charge is -2.47. The van der Waals surface area contributed by atoms with Crippen LogP contribution in [0.3, 0.4) is 0 Å². The number of rotatable bonds is 4. The molecule has 0 atom stereocenters. The first kappa shape index (κ1) is 28.1. The summed E-state index contributed by atoms with van der Waals surface area (Å²) in [4.78, 5) is 42.4. The second-order valence-corrected chi connectivity index (χ2v) is 13.9. The molecule has 1 aliphatic carbocycles. The Kier molecular flexibility index (Phi) is 6.91. The fourth-order valence-corrected chi connectivity index (χ4v) is 6.08. The average Bonchev–Trinajstić information content (AvgIpc) is 3.31. The van der Waals surface area contributed by atoms with Crippen molar-refractivity contribution in [1.82, 2.24) is 19.9 Å². The van der Waals surface area contributed by atoms with Crippen molar-refractivity contribution < 1.29 is 19.1 Å². The van der Waals surface area contributed by atoms with Gasteiger partial charge in [0.05, 0.1) is 17.9 Å². The molecule has 5 rings (SSSR count). The van der Waals surface area contributed by atoms with Crippen molar-refractivity contribution in [3.05, 3.63) is 47.2 Å². The van der Waals surface area contributed by atoms with Gasteiger partial charge in [0.25, 0.3) is 5.91 Å². The predicted molar refractivity (Wildman–Crippen MR) is 154 cm³/mol. The molecular formula is C31H41N5O4. The summed E-state index contributed by atoms with van der Waals surface area (Å²) in [6, 6.07) is 4.02. The molecule has 214 valence electrons. The highest BCUT2D eigenvalue weighted by atomic mass is 16.4. The molecule has 0 radical (unpaired) electrons. The first-order valence-corrected chi connectivity index (χ1v) is 14.2. The summed E-state index contributed by atoms with van der Waals surface area (Å²) in [7, 11) is 0. The minimum Gasteiger partial charge on any atom is -0.476 e. The van der Waals surface area contributed by atoms with Gasteiger partial charge in [-0.1, -0.05) is 34.6 Å². The van der Waals surface area contributed by atoms with Crippen molar-refractivity contribution >= 4 is 28.8 Å². The number of amides is 1. The van der Waals surface area contributed by atoms with Gasteiger partial charge in [0, 0.05) is 42.9 Å². The third kappa shape index (κ3) is 5.43. The van der Waals surface area contributed by atoms with Gasteiger partial charge in [-0.2, -0.15) is 0 Å². The van der Waals surface area contributed by atoms with Gasteiger partial charge < -0.3 is 19.3 Å². The molecule has 2 fully saturated rings. The highest BCUT2D eigenvalue weighted by molar-refractivity contribution is 5.96. The summed E-state index contributed by atoms with van der Waals surface area (Å²) in [5.41, 5.74) is 3.16. The summed E-state index contributed by atoms with van der Waals surface area (Å²) >= 11 is 0. The predicted octanol–water partition coefficient (Wildman–Crippen LogP) is 6.04. The number of aromatic carboxylic acids is 1. The molecule has 0 aromatic carbocycles. The molecule has 0 bridgehead atoms. The normalized spacial score (nSPS) is 19.7. The number of carboxylic acids is 1. The number of anilines is 1. The Hall–Kier alpha value is -3.49. The fourth-order valence-electron chi connectivity index (χ4n) is 6.08. The molecule has 1 saturated heterocycles. The van der Waals surface area contributed by atoms with Crippen molar-refractivity contribution in [1.29, 1.82) is 0 Å². The molecule has 1 N–H and O–H groups in total. The lowest BCUT2D eigenvalue weighted by molar-refractivity contribution is 0.0483. The molecule has 3 aromatic rings. The van der Waals surface area contributed by atoms with Crippen LogP contribution >= 0.6 is 0 Å². The molecule has 1 aliphatic heterocycles. The van der Waals surface area contributed by atoms with Gasteiger partial charge in [0.1, 0.15) is 11.3 Å². The standard InChI is InChI=1S/C31H41N5O4/c1-29(2,3)20-14-21(19-8-10-30(4,5)11-9-19)33-22-15-24(40-26(20)22)27(37)36-13-12-35(18-31(36,6)7)25-17-32-16-23(34-25)28(38)39/h14-17,19H,8-13,18H2,1-7H3,(H,38,39). The van der Waals surface area contributed by atoms with E-state index in [0.717, 1.165) is 29.6 Å². The van der Waals surface area contributed by atoms with E-state index < -0.39 is 11.5 Å². The topological polar surface area (TPSA) is 113 Å². The lowest BCUT2D eigenvalue weighted by atomic mass is 9.72. The number of pyridine rings is 1. The van der Waals surface area contributed by atoms with Crippen molar-refractivity contribution in [2.45, 2.75) is 91.0 Å². The molecule has 4 heterocycles. The van der Waals surface area contributed by atoms with Crippen LogP contribution in [0, 0.1) is 5.41 Å². The van der Waals surface area contributed by atoms with Crippen molar-refractivity contribution in [3.63, 3.8) is 0 Å². The van der Waals surface area contributed by atoms with Crippen molar-refractivity contribution in [3.8, 4) is 0 Å². The van der Waals surface area contributed by atoms with E-state index in [4.69, 9.17) is 9.40 Å². The second kappa shape index (κ2) is 9.85. The van der Waals surface area contributed by atoms with Crippen LogP contribution in [-0.4, -0.2) is 62.0 Å². The Morgan fingerprint density at radius 1 is 1.02 bits per heavy atom. The van der Waals surface area contributed by atoms with Crippen molar-refractivity contribution in [2.75, 3.05) is 24.5 Å². The molecule has 9 heteroatoms. The summed E-state index contributed by atoms with van der Waals surface area (Å²) in [5.74, 6) is -0.0900. The third-order valence-corrected chi connectivity index (χ3v) is 8.59. The largest absolute Gasteiger partial charge is 0.476 e. The smallest absolute Gasteiger partial charge is 0.356 e. The van der Waals surface area contributed by atoms with Crippen LogP contribution in [0.1, 0.15) is 112 Å². The van der Waals surface area contributed by atoms with Gasteiger partial charge in [-0.15, -0.1) is 0 Å². The SMILES string of the molecule is CC1(C)CCC(c2cc(C(C)(C)C)c3oc(C(=O)N4CCN(c5cncc(C(=O)O)n5)CC4(C)C)cc3n2)CC1. The monoisotopic (exact) mass is 547 g/mol. The number of carbonyl (C=O) groups is 2. The third-order valence-electron chi connectivity index (χ3n) is 8.59. The minimum absolute atomic E-state index is 0.102. The van der Waals surface area contributed by atoms with E-state index in [1.54, 1.807) is 6.20 Å². The van der Waals surface area contributed by atoms with Crippen LogP contribution in [-0.2, 0) is 5.41 Å². The molecule has 1 saturated carbocycles. The van der Waals surface area contributed by atoms with Gasteiger partial charge in [-0.25, -0.2) is 14.8 Å². The Morgan fingerprint density at radius 3 is 2.35 bits per heavy atom. The fraction of sp³-hybridized carbons (Fsp3) is 0.581. The zero-order valence-corrected chi connectivity index (χ0v) is 24.7. The molecule has 9 nitrogen and oxygen atoms in total. The highest BCUT2D eigenvalue weighted by Gasteiger charge is 2.39. The van der Waals surface area contributed by atoms with Crippen LogP contribution in [0.25, 0.3) is 11.1 Å². The van der Waals surface area contributed by atoms with Crippen LogP contribution in [0.5, 0.6) is 0 Å². The maximum atomic E-state index is 13.9. The zero-order chi connectivity index (χ0) is 29.0. The van der Waals surface area contributed by atoms with E-state index in [1.807, 2.05) is 29.7 Å². The van der Waals surface area contributed by atoms with Gasteiger partial charge in [0.15, 0.2) is 17.0 Å². The average molecular weight is 548 g/mol. The van der Waals surface area contributed by atoms with E-state index in [2.05, 4.69) is 50.7 Å². The molecule has 1 amide bonds. The summed E-state index contributed by atoms with van der Waals surface area (Å²) in [6.45, 7) is 16.6. The Bertz CT molecular complexity index is 1440. The number of carboxylic acid groups (broad SMARTS) is 1. The maximum absolute atomic E-state index is 13.9. The van der Waals surface area contributed by atoms with Crippen LogP contribution in [0.15, 0.2) is 28.9 Å². The second-order valence-electron chi connectivity index (χ2n) is 13.9. The maximum Gasteiger partial charge on any atom is 0.356 e. The summed E-state index contributed by atoms with van der Waals surface area (Å²) in [5, 5.41) is 9.30. The molecule has 3 aromatic heterocycles. The molecule has 2 aliphatic rings. The van der Waals surface area contributed by atoms with Gasteiger partial charge in [-0.05, 0) is 56.4 Å². The zero-order valence-electron chi connectivity index (χ0n) is 24.7. The van der Waals surface area contributed by atoms with E-state index in [-0.39, 0.29) is 17.0 Å². The number of furan rings is 1. The number of aromatic nitrogens is 3. The highest BCUT2D eigenvalue weighted by Crippen LogP contribution is 2.43. The van der Waals surface area contributed by atoms with Crippen molar-refractivity contribution in [2.24, 2.45) is 5.41 Å². The summed E-state index contributed by atoms with van der Waals surface area (Å²) in [6.07, 6.45) is 7.41. The molecule has 40 heavy (non-hydrogen) atoms. The number of hydrogen-bond donors (Lipinski definition) is 1. The number of carbonyl (C=O) groups excluding carboxylic acids is 1. The molecule has 0 spiro atoms.